The first-order valence-electron chi connectivity index (χ1n) is 8.05. The number of phenols is 1. The van der Waals surface area contributed by atoms with Crippen LogP contribution in [0.25, 0.3) is 0 Å². The van der Waals surface area contributed by atoms with Crippen LogP contribution in [0, 0.1) is 0 Å². The lowest BCUT2D eigenvalue weighted by atomic mass is 9.87. The molecule has 2 aromatic rings. The van der Waals surface area contributed by atoms with Crippen molar-refractivity contribution in [1.29, 1.82) is 0 Å². The molecule has 2 rings (SSSR count). The van der Waals surface area contributed by atoms with Crippen molar-refractivity contribution in [1.82, 2.24) is 6.15 Å². The van der Waals surface area contributed by atoms with Crippen LogP contribution in [0.15, 0.2) is 36.4 Å². The van der Waals surface area contributed by atoms with Crippen molar-refractivity contribution in [3.63, 3.8) is 0 Å². The zero-order chi connectivity index (χ0) is 17.0. The van der Waals surface area contributed by atoms with E-state index in [-0.39, 0.29) is 11.9 Å². The first-order chi connectivity index (χ1) is 11.0. The Hall–Kier alpha value is -2.46. The molecule has 0 aliphatic carbocycles. The van der Waals surface area contributed by atoms with E-state index in [1.807, 2.05) is 20.8 Å². The maximum Gasteiger partial charge on any atom is 0.233 e. The Morgan fingerprint density at radius 3 is 1.88 bits per heavy atom. The fraction of sp³-hybridized carbons (Fsp3) is 0.300. The molecule has 128 valence electrons. The highest BCUT2D eigenvalue weighted by Gasteiger charge is 2.24. The van der Waals surface area contributed by atoms with Crippen LogP contribution in [0.2, 0.25) is 0 Å². The Balaban J connectivity index is 0.00000288. The number of ketones is 2. The summed E-state index contributed by atoms with van der Waals surface area (Å²) in [6.45, 7) is 5.94. The molecule has 0 bridgehead atoms. The molecule has 0 saturated heterocycles. The standard InChI is InChI=1S/C20H22O3.H3N/c1-4-14-15(5-2)17(12-18(21)16(14)6-3)20(23)19(22)13-10-8-7-9-11-13;/h7-12,21H,4-6H2,1-3H3;1H3. The fourth-order valence-corrected chi connectivity index (χ4v) is 3.08. The van der Waals surface area contributed by atoms with Crippen molar-refractivity contribution in [2.75, 3.05) is 0 Å². The molecule has 4 heteroatoms. The van der Waals surface area contributed by atoms with Crippen LogP contribution < -0.4 is 6.15 Å². The summed E-state index contributed by atoms with van der Waals surface area (Å²) in [7, 11) is 0. The molecular weight excluding hydrogens is 302 g/mol. The van der Waals surface area contributed by atoms with Crippen molar-refractivity contribution >= 4 is 11.6 Å². The topological polar surface area (TPSA) is 89.4 Å². The summed E-state index contributed by atoms with van der Waals surface area (Å²) in [6.07, 6.45) is 2.07. The molecule has 4 N–H and O–H groups in total. The summed E-state index contributed by atoms with van der Waals surface area (Å²) < 4.78 is 0. The second-order valence-electron chi connectivity index (χ2n) is 5.46. The molecule has 0 unspecified atom stereocenters. The summed E-state index contributed by atoms with van der Waals surface area (Å²) in [5.41, 5.74) is 3.42. The van der Waals surface area contributed by atoms with Crippen molar-refractivity contribution in [2.24, 2.45) is 0 Å². The molecule has 0 saturated carbocycles. The van der Waals surface area contributed by atoms with E-state index >= 15 is 0 Å². The Labute approximate surface area is 143 Å². The third-order valence-corrected chi connectivity index (χ3v) is 4.19. The van der Waals surface area contributed by atoms with Gasteiger partial charge in [-0.25, -0.2) is 0 Å². The van der Waals surface area contributed by atoms with Crippen LogP contribution in [-0.2, 0) is 19.3 Å². The highest BCUT2D eigenvalue weighted by Crippen LogP contribution is 2.30. The van der Waals surface area contributed by atoms with Crippen molar-refractivity contribution in [3.8, 4) is 5.75 Å². The van der Waals surface area contributed by atoms with Gasteiger partial charge in [-0.2, -0.15) is 0 Å². The monoisotopic (exact) mass is 327 g/mol. The van der Waals surface area contributed by atoms with Gasteiger partial charge >= 0.3 is 0 Å². The average Bonchev–Trinajstić information content (AvgIpc) is 2.59. The molecule has 0 fully saturated rings. The molecule has 0 aromatic heterocycles. The number of phenolic OH excluding ortho intramolecular Hbond substituents is 1. The molecule has 0 amide bonds. The Morgan fingerprint density at radius 2 is 1.38 bits per heavy atom. The molecule has 0 spiro atoms. The van der Waals surface area contributed by atoms with Crippen LogP contribution in [0.4, 0.5) is 0 Å². The smallest absolute Gasteiger partial charge is 0.233 e. The first kappa shape index (κ1) is 19.6. The number of benzene rings is 2. The van der Waals surface area contributed by atoms with E-state index < -0.39 is 11.6 Å². The fourth-order valence-electron chi connectivity index (χ4n) is 3.08. The third-order valence-electron chi connectivity index (χ3n) is 4.19. The van der Waals surface area contributed by atoms with Gasteiger partial charge in [0.25, 0.3) is 0 Å². The van der Waals surface area contributed by atoms with E-state index in [9.17, 15) is 14.7 Å². The summed E-state index contributed by atoms with van der Waals surface area (Å²) in [6, 6.07) is 9.99. The number of Topliss-reactive ketones (excluding diaryl/α,β-unsaturated/α-hetero) is 2. The quantitative estimate of drug-likeness (QED) is 0.611. The predicted octanol–water partition coefficient (Wildman–Crippen LogP) is 4.31. The van der Waals surface area contributed by atoms with E-state index in [4.69, 9.17) is 0 Å². The largest absolute Gasteiger partial charge is 0.508 e. The number of aromatic hydroxyl groups is 1. The van der Waals surface area contributed by atoms with Gasteiger partial charge in [-0.15, -0.1) is 0 Å². The molecular formula is C20H25NO3. The minimum atomic E-state index is -0.555. The minimum Gasteiger partial charge on any atom is -0.508 e. The lowest BCUT2D eigenvalue weighted by molar-refractivity contribution is 0.0816. The van der Waals surface area contributed by atoms with Crippen molar-refractivity contribution in [2.45, 2.75) is 40.0 Å². The SMILES string of the molecule is CCc1c(O)cc(C(=O)C(=O)c2ccccc2)c(CC)c1CC.N. The molecule has 24 heavy (non-hydrogen) atoms. The van der Waals surface area contributed by atoms with E-state index in [0.29, 0.717) is 24.0 Å². The Kier molecular flexibility index (Phi) is 6.86. The maximum absolute atomic E-state index is 12.7. The lowest BCUT2D eigenvalue weighted by Crippen LogP contribution is -2.18. The highest BCUT2D eigenvalue weighted by molar-refractivity contribution is 6.49. The molecule has 0 atom stereocenters. The zero-order valence-corrected chi connectivity index (χ0v) is 14.6. The Bertz CT molecular complexity index is 736. The highest BCUT2D eigenvalue weighted by atomic mass is 16.3. The van der Waals surface area contributed by atoms with Gasteiger partial charge < -0.3 is 11.3 Å². The van der Waals surface area contributed by atoms with Crippen LogP contribution in [0.3, 0.4) is 0 Å². The van der Waals surface area contributed by atoms with Gasteiger partial charge in [0.05, 0.1) is 0 Å². The van der Waals surface area contributed by atoms with Crippen molar-refractivity contribution < 1.29 is 14.7 Å². The van der Waals surface area contributed by atoms with Gasteiger partial charge in [-0.05, 0) is 42.0 Å². The summed E-state index contributed by atoms with van der Waals surface area (Å²) in [5.74, 6) is -0.988. The Morgan fingerprint density at radius 1 is 0.833 bits per heavy atom. The van der Waals surface area contributed by atoms with Gasteiger partial charge in [0.15, 0.2) is 0 Å². The van der Waals surface area contributed by atoms with E-state index in [2.05, 4.69) is 0 Å². The van der Waals surface area contributed by atoms with Gasteiger partial charge in [-0.1, -0.05) is 51.1 Å². The second-order valence-corrected chi connectivity index (χ2v) is 5.46. The van der Waals surface area contributed by atoms with E-state index in [1.165, 1.54) is 6.07 Å². The predicted molar refractivity (Wildman–Crippen MR) is 96.4 cm³/mol. The second kappa shape index (κ2) is 8.41. The molecule has 0 aliphatic heterocycles. The maximum atomic E-state index is 12.7. The number of carbonyl (C=O) groups is 2. The average molecular weight is 327 g/mol. The van der Waals surface area contributed by atoms with Gasteiger partial charge in [0, 0.05) is 11.1 Å². The van der Waals surface area contributed by atoms with Crippen LogP contribution in [0.1, 0.15) is 58.2 Å². The molecule has 0 aliphatic rings. The van der Waals surface area contributed by atoms with E-state index in [0.717, 1.165) is 23.1 Å². The summed E-state index contributed by atoms with van der Waals surface area (Å²) in [4.78, 5) is 25.1. The minimum absolute atomic E-state index is 0. The first-order valence-corrected chi connectivity index (χ1v) is 8.05. The van der Waals surface area contributed by atoms with Gasteiger partial charge in [0.2, 0.25) is 11.6 Å². The molecule has 4 nitrogen and oxygen atoms in total. The molecule has 0 heterocycles. The summed E-state index contributed by atoms with van der Waals surface area (Å²) >= 11 is 0. The van der Waals surface area contributed by atoms with Gasteiger partial charge in [0.1, 0.15) is 5.75 Å². The summed E-state index contributed by atoms with van der Waals surface area (Å²) in [5, 5.41) is 10.3. The number of carbonyl (C=O) groups excluding carboxylic acids is 2. The van der Waals surface area contributed by atoms with Crippen molar-refractivity contribution in [3.05, 3.63) is 64.2 Å². The molecule has 0 radical (unpaired) electrons. The zero-order valence-electron chi connectivity index (χ0n) is 14.6. The number of rotatable bonds is 6. The number of hydrogen-bond acceptors (Lipinski definition) is 4. The lowest BCUT2D eigenvalue weighted by Gasteiger charge is -2.17. The third kappa shape index (κ3) is 3.54. The number of hydrogen-bond donors (Lipinski definition) is 2. The van der Waals surface area contributed by atoms with Crippen LogP contribution in [-0.4, -0.2) is 16.7 Å². The normalized spacial score (nSPS) is 10.1. The van der Waals surface area contributed by atoms with E-state index in [1.54, 1.807) is 30.3 Å². The molecule has 2 aromatic carbocycles. The van der Waals surface area contributed by atoms with Crippen LogP contribution >= 0.6 is 0 Å². The van der Waals surface area contributed by atoms with Crippen LogP contribution in [0.5, 0.6) is 5.75 Å². The van der Waals surface area contributed by atoms with Gasteiger partial charge in [-0.3, -0.25) is 9.59 Å².